The normalized spacial score (nSPS) is 13.9. The topological polar surface area (TPSA) is 123 Å². The third-order valence-corrected chi connectivity index (χ3v) is 6.15. The average Bonchev–Trinajstić information content (AvgIpc) is 2.87. The van der Waals surface area contributed by atoms with Crippen LogP contribution in [-0.4, -0.2) is 44.8 Å². The summed E-state index contributed by atoms with van der Waals surface area (Å²) in [6, 6.07) is 14.6. The molecule has 182 valence electrons. The largest absolute Gasteiger partial charge is 0.457 e. The van der Waals surface area contributed by atoms with Crippen LogP contribution >= 0.6 is 11.6 Å². The first-order valence-corrected chi connectivity index (χ1v) is 11.9. The summed E-state index contributed by atoms with van der Waals surface area (Å²) < 4.78 is 5.47. The molecule has 0 spiro atoms. The van der Waals surface area contributed by atoms with Crippen LogP contribution in [0.3, 0.4) is 0 Å². The molecule has 1 saturated heterocycles. The van der Waals surface area contributed by atoms with Crippen molar-refractivity contribution in [1.82, 2.24) is 19.9 Å². The molecule has 1 aromatic heterocycles. The van der Waals surface area contributed by atoms with Gasteiger partial charge in [-0.25, -0.2) is 0 Å². The Morgan fingerprint density at radius 3 is 2.51 bits per heavy atom. The number of benzene rings is 2. The Labute approximate surface area is 208 Å². The summed E-state index contributed by atoms with van der Waals surface area (Å²) in [6.07, 6.45) is 1.90. The third-order valence-electron chi connectivity index (χ3n) is 5.89. The number of nitrogen functional groups attached to an aromatic ring is 1. The molecule has 0 bridgehead atoms. The zero-order chi connectivity index (χ0) is 24.8. The van der Waals surface area contributed by atoms with E-state index in [1.165, 1.54) is 0 Å². The highest BCUT2D eigenvalue weighted by molar-refractivity contribution is 6.30. The number of piperidine rings is 1. The van der Waals surface area contributed by atoms with Gasteiger partial charge in [-0.3, -0.25) is 9.59 Å². The molecule has 0 aliphatic carbocycles. The first-order valence-electron chi connectivity index (χ1n) is 11.5. The van der Waals surface area contributed by atoms with Gasteiger partial charge in [0.05, 0.1) is 5.92 Å². The number of esters is 1. The second-order valence-corrected chi connectivity index (χ2v) is 8.69. The molecule has 0 radical (unpaired) electrons. The molecule has 1 aliphatic heterocycles. The maximum atomic E-state index is 12.7. The molecule has 3 N–H and O–H groups in total. The van der Waals surface area contributed by atoms with Gasteiger partial charge in [0, 0.05) is 29.4 Å². The van der Waals surface area contributed by atoms with Gasteiger partial charge in [-0.15, -0.1) is 0 Å². The van der Waals surface area contributed by atoms with Gasteiger partial charge in [-0.05, 0) is 55.2 Å². The second kappa shape index (κ2) is 11.1. The molecule has 1 fully saturated rings. The number of nitrogens with one attached hydrogen (secondary N) is 1. The monoisotopic (exact) mass is 494 g/mol. The summed E-state index contributed by atoms with van der Waals surface area (Å²) in [5, 5.41) is 3.74. The fraction of sp³-hybridized carbons (Fsp3) is 0.320. The van der Waals surface area contributed by atoms with Crippen LogP contribution in [0, 0.1) is 5.92 Å². The zero-order valence-corrected chi connectivity index (χ0v) is 20.2. The first kappa shape index (κ1) is 24.4. The molecule has 3 aromatic rings. The number of carbonyl (C=O) groups is 2. The highest BCUT2D eigenvalue weighted by Gasteiger charge is 2.29. The quantitative estimate of drug-likeness (QED) is 0.472. The Morgan fingerprint density at radius 1 is 1.09 bits per heavy atom. The van der Waals surface area contributed by atoms with Crippen molar-refractivity contribution < 1.29 is 14.3 Å². The number of carbonyl (C=O) groups excluding carboxylic acids is 2. The van der Waals surface area contributed by atoms with Crippen molar-refractivity contribution in [3.05, 3.63) is 70.5 Å². The van der Waals surface area contributed by atoms with Crippen molar-refractivity contribution in [2.75, 3.05) is 24.1 Å². The lowest BCUT2D eigenvalue weighted by molar-refractivity contribution is -0.151. The van der Waals surface area contributed by atoms with E-state index in [2.05, 4.69) is 27.2 Å². The fourth-order valence-corrected chi connectivity index (χ4v) is 4.10. The van der Waals surface area contributed by atoms with Crippen molar-refractivity contribution in [2.24, 2.45) is 5.92 Å². The van der Waals surface area contributed by atoms with Crippen molar-refractivity contribution >= 4 is 41.1 Å². The summed E-state index contributed by atoms with van der Waals surface area (Å²) >= 11 is 5.90. The van der Waals surface area contributed by atoms with Crippen molar-refractivity contribution in [3.63, 3.8) is 0 Å². The minimum atomic E-state index is -0.339. The summed E-state index contributed by atoms with van der Waals surface area (Å²) in [4.78, 5) is 39.6. The molecule has 2 aromatic carbocycles. The van der Waals surface area contributed by atoms with Gasteiger partial charge in [-0.1, -0.05) is 36.7 Å². The highest BCUT2D eigenvalue weighted by Crippen LogP contribution is 2.22. The Kier molecular flexibility index (Phi) is 7.77. The van der Waals surface area contributed by atoms with Crippen LogP contribution in [0.5, 0.6) is 0 Å². The summed E-state index contributed by atoms with van der Waals surface area (Å²) in [7, 11) is 0. The van der Waals surface area contributed by atoms with E-state index >= 15 is 0 Å². The number of nitrogens with zero attached hydrogens (tertiary/aromatic N) is 4. The SMILES string of the molecule is CCc1ccccc1Nc1nc(N)nc(COC(=O)C2CCN(C(=O)c3ccc(Cl)cc3)CC2)n1. The van der Waals surface area contributed by atoms with E-state index < -0.39 is 0 Å². The number of aryl methyl sites for hydroxylation is 1. The molecule has 0 saturated carbocycles. The Hall–Kier alpha value is -3.72. The van der Waals surface area contributed by atoms with Gasteiger partial charge in [0.2, 0.25) is 11.9 Å². The van der Waals surface area contributed by atoms with E-state index in [0.717, 1.165) is 17.7 Å². The van der Waals surface area contributed by atoms with Gasteiger partial charge in [0.1, 0.15) is 0 Å². The number of hydrogen-bond donors (Lipinski definition) is 2. The fourth-order valence-electron chi connectivity index (χ4n) is 3.98. The summed E-state index contributed by atoms with van der Waals surface area (Å²) in [6.45, 7) is 2.90. The van der Waals surface area contributed by atoms with Gasteiger partial charge >= 0.3 is 5.97 Å². The molecule has 9 nitrogen and oxygen atoms in total. The maximum absolute atomic E-state index is 12.7. The molecule has 1 aliphatic rings. The molecule has 35 heavy (non-hydrogen) atoms. The van der Waals surface area contributed by atoms with E-state index in [4.69, 9.17) is 22.1 Å². The number of rotatable bonds is 7. The molecular weight excluding hydrogens is 468 g/mol. The number of halogens is 1. The van der Waals surface area contributed by atoms with Crippen LogP contribution in [0.25, 0.3) is 0 Å². The van der Waals surface area contributed by atoms with Crippen LogP contribution in [0.1, 0.15) is 41.5 Å². The molecule has 2 heterocycles. The number of ether oxygens (including phenoxy) is 1. The van der Waals surface area contributed by atoms with E-state index in [1.807, 2.05) is 24.3 Å². The van der Waals surface area contributed by atoms with E-state index in [-0.39, 0.29) is 36.2 Å². The Balaban J connectivity index is 1.31. The lowest BCUT2D eigenvalue weighted by Gasteiger charge is -2.31. The van der Waals surface area contributed by atoms with Gasteiger partial charge in [-0.2, -0.15) is 15.0 Å². The van der Waals surface area contributed by atoms with E-state index in [1.54, 1.807) is 29.2 Å². The van der Waals surface area contributed by atoms with Crippen LogP contribution in [0.4, 0.5) is 17.6 Å². The van der Waals surface area contributed by atoms with Crippen molar-refractivity contribution in [3.8, 4) is 0 Å². The minimum Gasteiger partial charge on any atom is -0.457 e. The van der Waals surface area contributed by atoms with Crippen LogP contribution in [0.15, 0.2) is 48.5 Å². The lowest BCUT2D eigenvalue weighted by atomic mass is 9.96. The highest BCUT2D eigenvalue weighted by atomic mass is 35.5. The van der Waals surface area contributed by atoms with E-state index in [9.17, 15) is 9.59 Å². The molecule has 4 rings (SSSR count). The van der Waals surface area contributed by atoms with E-state index in [0.29, 0.717) is 42.5 Å². The lowest BCUT2D eigenvalue weighted by Crippen LogP contribution is -2.40. The molecule has 0 unspecified atom stereocenters. The standard InChI is InChI=1S/C25H27ClN6O3/c1-2-16-5-3-4-6-20(16)28-25-30-21(29-24(27)31-25)15-35-23(34)18-11-13-32(14-12-18)22(33)17-7-9-19(26)10-8-17/h3-10,18H,2,11-15H2,1H3,(H3,27,28,29,30,31). The van der Waals surface area contributed by atoms with Gasteiger partial charge in [0.25, 0.3) is 5.91 Å². The second-order valence-electron chi connectivity index (χ2n) is 8.25. The zero-order valence-electron chi connectivity index (χ0n) is 19.4. The number of anilines is 3. The Morgan fingerprint density at radius 2 is 1.80 bits per heavy atom. The predicted molar refractivity (Wildman–Crippen MR) is 133 cm³/mol. The summed E-state index contributed by atoms with van der Waals surface area (Å²) in [5.41, 5.74) is 8.41. The molecular formula is C25H27ClN6O3. The number of amides is 1. The Bertz CT molecular complexity index is 1200. The number of likely N-dealkylation sites (tertiary alicyclic amines) is 1. The molecule has 0 atom stereocenters. The van der Waals surface area contributed by atoms with Crippen LogP contribution in [-0.2, 0) is 22.6 Å². The number of hydrogen-bond acceptors (Lipinski definition) is 8. The van der Waals surface area contributed by atoms with Gasteiger partial charge < -0.3 is 20.7 Å². The maximum Gasteiger partial charge on any atom is 0.309 e. The number of nitrogens with two attached hydrogens (primary N) is 1. The predicted octanol–water partition coefficient (Wildman–Crippen LogP) is 4.01. The minimum absolute atomic E-state index is 0.0385. The smallest absolute Gasteiger partial charge is 0.309 e. The van der Waals surface area contributed by atoms with Crippen molar-refractivity contribution in [1.29, 1.82) is 0 Å². The molecule has 10 heteroatoms. The third kappa shape index (κ3) is 6.24. The molecule has 1 amide bonds. The van der Waals surface area contributed by atoms with Gasteiger partial charge in [0.15, 0.2) is 12.4 Å². The average molecular weight is 495 g/mol. The van der Waals surface area contributed by atoms with Crippen LogP contribution < -0.4 is 11.1 Å². The number of aromatic nitrogens is 3. The number of para-hydroxylation sites is 1. The first-order chi connectivity index (χ1) is 16.9. The summed E-state index contributed by atoms with van der Waals surface area (Å²) in [5.74, 6) is -0.114. The van der Waals surface area contributed by atoms with Crippen LogP contribution in [0.2, 0.25) is 5.02 Å². The van der Waals surface area contributed by atoms with Crippen molar-refractivity contribution in [2.45, 2.75) is 32.8 Å².